The van der Waals surface area contributed by atoms with Crippen LogP contribution in [0.5, 0.6) is 0 Å². The summed E-state index contributed by atoms with van der Waals surface area (Å²) in [5.41, 5.74) is -1.07. The second-order valence-corrected chi connectivity index (χ2v) is 10.6. The molecule has 0 bridgehead atoms. The van der Waals surface area contributed by atoms with Crippen molar-refractivity contribution in [2.75, 3.05) is 19.8 Å². The molecule has 0 aromatic carbocycles. The van der Waals surface area contributed by atoms with Crippen LogP contribution in [-0.2, 0) is 28.6 Å². The van der Waals surface area contributed by atoms with Gasteiger partial charge >= 0.3 is 13.2 Å². The van der Waals surface area contributed by atoms with E-state index in [0.29, 0.717) is 5.01 Å². The molecule has 1 aliphatic rings. The lowest BCUT2D eigenvalue weighted by molar-refractivity contribution is -0.155. The van der Waals surface area contributed by atoms with Crippen molar-refractivity contribution in [1.82, 2.24) is 15.6 Å². The Labute approximate surface area is 220 Å². The molecule has 15 heteroatoms. The molecular formula is C23H31F4N3O7S. The van der Waals surface area contributed by atoms with Crippen LogP contribution < -0.4 is 10.6 Å². The van der Waals surface area contributed by atoms with Crippen molar-refractivity contribution in [3.63, 3.8) is 0 Å². The number of alkyl halides is 4. The van der Waals surface area contributed by atoms with Gasteiger partial charge in [-0.1, -0.05) is 13.8 Å². The Morgan fingerprint density at radius 2 is 1.68 bits per heavy atom. The third-order valence-corrected chi connectivity index (χ3v) is 6.52. The van der Waals surface area contributed by atoms with Crippen LogP contribution >= 0.6 is 11.3 Å². The fourth-order valence-electron chi connectivity index (χ4n) is 3.49. The molecule has 0 aliphatic carbocycles. The molecule has 10 nitrogen and oxygen atoms in total. The van der Waals surface area contributed by atoms with Crippen molar-refractivity contribution in [3.05, 3.63) is 16.1 Å². The molecule has 1 fully saturated rings. The normalized spacial score (nSPS) is 19.3. The van der Waals surface area contributed by atoms with E-state index >= 15 is 0 Å². The second kappa shape index (κ2) is 14.1. The number of rotatable bonds is 17. The van der Waals surface area contributed by atoms with Gasteiger partial charge in [-0.05, 0) is 26.2 Å². The summed E-state index contributed by atoms with van der Waals surface area (Å²) in [5, 5.41) is 5.29. The zero-order valence-electron chi connectivity index (χ0n) is 21.3. The summed E-state index contributed by atoms with van der Waals surface area (Å²) in [6.45, 7) is -1.40. The summed E-state index contributed by atoms with van der Waals surface area (Å²) in [7, 11) is 0. The van der Waals surface area contributed by atoms with E-state index in [1.807, 2.05) is 13.8 Å². The van der Waals surface area contributed by atoms with Gasteiger partial charge in [0.15, 0.2) is 11.6 Å². The molecule has 0 saturated carbocycles. The first kappa shape index (κ1) is 31.7. The number of nitrogens with one attached hydrogen (secondary N) is 2. The zero-order chi connectivity index (χ0) is 28.6. The molecule has 2 amide bonds. The van der Waals surface area contributed by atoms with Gasteiger partial charge in [0.05, 0.1) is 43.0 Å². The first-order valence-electron chi connectivity index (χ1n) is 11.8. The molecule has 1 aromatic rings. The molecule has 214 valence electrons. The summed E-state index contributed by atoms with van der Waals surface area (Å²) >= 11 is 0.992. The zero-order valence-corrected chi connectivity index (χ0v) is 22.1. The molecule has 0 unspecified atom stereocenters. The Bertz CT molecular complexity index is 988. The van der Waals surface area contributed by atoms with Gasteiger partial charge in [0.1, 0.15) is 16.5 Å². The summed E-state index contributed by atoms with van der Waals surface area (Å²) in [5.74, 6) is -4.64. The van der Waals surface area contributed by atoms with Crippen molar-refractivity contribution in [2.24, 2.45) is 11.8 Å². The first-order valence-corrected chi connectivity index (χ1v) is 12.6. The van der Waals surface area contributed by atoms with Crippen LogP contribution in [0.2, 0.25) is 0 Å². The minimum absolute atomic E-state index is 0.0366. The van der Waals surface area contributed by atoms with Gasteiger partial charge in [0, 0.05) is 6.42 Å². The summed E-state index contributed by atoms with van der Waals surface area (Å²) in [6.07, 6.45) is 0.677. The maximum atomic E-state index is 13.0. The highest BCUT2D eigenvalue weighted by Crippen LogP contribution is 2.30. The lowest BCUT2D eigenvalue weighted by Crippen LogP contribution is -2.50. The van der Waals surface area contributed by atoms with E-state index < -0.39 is 79.8 Å². The van der Waals surface area contributed by atoms with Crippen LogP contribution in [0, 0.1) is 18.8 Å². The largest absolute Gasteiger partial charge is 0.361 e. The number of Topliss-reactive ketones (excluding diaryl/α,β-unsaturated/α-hetero) is 2. The monoisotopic (exact) mass is 569 g/mol. The molecule has 2 heterocycles. The molecule has 2 rings (SSSR count). The van der Waals surface area contributed by atoms with E-state index in [-0.39, 0.29) is 23.8 Å². The number of carbonyl (C=O) groups excluding carboxylic acids is 4. The van der Waals surface area contributed by atoms with E-state index in [0.717, 1.165) is 11.3 Å². The maximum Gasteiger partial charge on any atom is 0.345 e. The predicted octanol–water partition coefficient (Wildman–Crippen LogP) is 2.49. The maximum absolute atomic E-state index is 13.0. The van der Waals surface area contributed by atoms with Crippen LogP contribution in [0.25, 0.3) is 0 Å². The van der Waals surface area contributed by atoms with Crippen LogP contribution in [-0.4, -0.2) is 79.1 Å². The van der Waals surface area contributed by atoms with Gasteiger partial charge in [-0.3, -0.25) is 19.2 Å². The summed E-state index contributed by atoms with van der Waals surface area (Å²) in [4.78, 5) is 55.4. The Hall–Kier alpha value is -2.49. The standard InChI is InChI=1S/C23H31F4N3O7S/c1-11(2)5-14(18(32)23(4)10-37-23)29-19(33)13(8-35-21(24)25)6-16(31)15(9-36-22(26)27)30-20(34)17-7-28-12(3)38-17/h7,11,13-15,21-22H,5-6,8-10H2,1-4H3,(H,29,33)(H,30,34)/t13-,14-,15-,23+/m0/s1. The average Bonchev–Trinajstić information content (AvgIpc) is 3.43. The molecule has 38 heavy (non-hydrogen) atoms. The van der Waals surface area contributed by atoms with Gasteiger partial charge < -0.3 is 24.8 Å². The summed E-state index contributed by atoms with van der Waals surface area (Å²) in [6, 6.07) is -2.65. The predicted molar refractivity (Wildman–Crippen MR) is 126 cm³/mol. The quantitative estimate of drug-likeness (QED) is 0.216. The van der Waals surface area contributed by atoms with E-state index in [2.05, 4.69) is 25.1 Å². The number of thiazole rings is 1. The minimum atomic E-state index is -3.26. The Morgan fingerprint density at radius 3 is 2.18 bits per heavy atom. The number of ether oxygens (including phenoxy) is 3. The number of hydrogen-bond acceptors (Lipinski definition) is 9. The van der Waals surface area contributed by atoms with Crippen molar-refractivity contribution in [1.29, 1.82) is 0 Å². The van der Waals surface area contributed by atoms with Gasteiger partial charge in [0.25, 0.3) is 5.91 Å². The number of hydrogen-bond donors (Lipinski definition) is 2. The van der Waals surface area contributed by atoms with E-state index in [1.54, 1.807) is 13.8 Å². The lowest BCUT2D eigenvalue weighted by Gasteiger charge is -2.25. The third-order valence-electron chi connectivity index (χ3n) is 5.61. The van der Waals surface area contributed by atoms with Crippen molar-refractivity contribution in [3.8, 4) is 0 Å². The average molecular weight is 570 g/mol. The Kier molecular flexibility index (Phi) is 11.7. The fourth-order valence-corrected chi connectivity index (χ4v) is 4.17. The molecule has 0 spiro atoms. The topological polar surface area (TPSA) is 136 Å². The molecule has 1 aliphatic heterocycles. The van der Waals surface area contributed by atoms with Gasteiger partial charge in [-0.2, -0.15) is 17.6 Å². The molecule has 2 N–H and O–H groups in total. The Balaban J connectivity index is 2.19. The number of nitrogens with zero attached hydrogens (tertiary/aromatic N) is 1. The van der Waals surface area contributed by atoms with Crippen molar-refractivity contribution < 1.29 is 51.0 Å². The fraction of sp³-hybridized carbons (Fsp3) is 0.696. The number of aromatic nitrogens is 1. The van der Waals surface area contributed by atoms with Crippen LogP contribution in [0.3, 0.4) is 0 Å². The molecule has 4 atom stereocenters. The van der Waals surface area contributed by atoms with Crippen molar-refractivity contribution >= 4 is 34.7 Å². The van der Waals surface area contributed by atoms with Crippen LogP contribution in [0.4, 0.5) is 17.6 Å². The second-order valence-electron chi connectivity index (χ2n) is 9.40. The van der Waals surface area contributed by atoms with Gasteiger partial charge in [-0.15, -0.1) is 11.3 Å². The number of amides is 2. The number of halogens is 4. The third kappa shape index (κ3) is 10.0. The summed E-state index contributed by atoms with van der Waals surface area (Å²) < 4.78 is 64.5. The SMILES string of the molecule is Cc1ncc(C(=O)N[C@@H](COC(F)F)C(=O)C[C@@H](COC(F)F)C(=O)N[C@@H](CC(C)C)C(=O)[C@@]2(C)CO2)s1. The number of ketones is 2. The number of carbonyl (C=O) groups is 4. The molecule has 1 saturated heterocycles. The number of aryl methyl sites for hydroxylation is 1. The highest BCUT2D eigenvalue weighted by atomic mass is 32.1. The van der Waals surface area contributed by atoms with Crippen LogP contribution in [0.15, 0.2) is 6.20 Å². The van der Waals surface area contributed by atoms with Gasteiger partial charge in [-0.25, -0.2) is 4.98 Å². The van der Waals surface area contributed by atoms with Crippen molar-refractivity contribution in [2.45, 2.75) is 71.4 Å². The highest BCUT2D eigenvalue weighted by molar-refractivity contribution is 7.13. The minimum Gasteiger partial charge on any atom is -0.361 e. The van der Waals surface area contributed by atoms with E-state index in [1.165, 1.54) is 6.20 Å². The Morgan fingerprint density at radius 1 is 1.08 bits per heavy atom. The molecule has 0 radical (unpaired) electrons. The first-order chi connectivity index (χ1) is 17.7. The number of epoxide rings is 1. The molecular weight excluding hydrogens is 538 g/mol. The molecule has 1 aromatic heterocycles. The van der Waals surface area contributed by atoms with Crippen LogP contribution in [0.1, 0.15) is 48.3 Å². The van der Waals surface area contributed by atoms with E-state index in [4.69, 9.17) is 4.74 Å². The van der Waals surface area contributed by atoms with Gasteiger partial charge in [0.2, 0.25) is 5.91 Å². The highest BCUT2D eigenvalue weighted by Gasteiger charge is 2.50. The smallest absolute Gasteiger partial charge is 0.345 e. The van der Waals surface area contributed by atoms with E-state index in [9.17, 15) is 36.7 Å². The lowest BCUT2D eigenvalue weighted by atomic mass is 9.92.